The molecular formula is C21H30F2N2O5S. The highest BCUT2D eigenvalue weighted by Crippen LogP contribution is 2.33. The van der Waals surface area contributed by atoms with Crippen LogP contribution in [0.5, 0.6) is 5.75 Å². The lowest BCUT2D eigenvalue weighted by molar-refractivity contribution is -0.121. The Morgan fingerprint density at radius 2 is 1.74 bits per heavy atom. The molecule has 0 amide bonds. The second-order valence-electron chi connectivity index (χ2n) is 8.58. The van der Waals surface area contributed by atoms with E-state index in [1.807, 2.05) is 0 Å². The smallest absolute Gasteiger partial charge is 0.387 e. The highest BCUT2D eigenvalue weighted by atomic mass is 32.2. The van der Waals surface area contributed by atoms with E-state index >= 15 is 0 Å². The summed E-state index contributed by atoms with van der Waals surface area (Å²) in [5, 5.41) is 0. The van der Waals surface area contributed by atoms with Crippen LogP contribution in [0.2, 0.25) is 0 Å². The second kappa shape index (κ2) is 9.66. The maximum absolute atomic E-state index is 13.1. The van der Waals surface area contributed by atoms with E-state index in [1.54, 1.807) is 0 Å². The maximum atomic E-state index is 13.1. The number of hydrogen-bond donors (Lipinski definition) is 0. The van der Waals surface area contributed by atoms with E-state index in [1.165, 1.54) is 28.6 Å². The van der Waals surface area contributed by atoms with E-state index < -0.39 is 22.2 Å². The van der Waals surface area contributed by atoms with E-state index in [0.29, 0.717) is 19.1 Å². The van der Waals surface area contributed by atoms with Crippen molar-refractivity contribution in [2.45, 2.75) is 42.8 Å². The standard InChI is InChI=1S/C21H30F2N2O5S/c22-20(23)30-18-1-3-19(4-2-18)31(26,27)25-11-14-29-21(16-25)7-9-24(10-8-21)15-17-5-12-28-13-6-17/h1-4,17,20H,5-16H2. The van der Waals surface area contributed by atoms with Crippen molar-refractivity contribution >= 4 is 10.0 Å². The number of nitrogens with zero attached hydrogens (tertiary/aromatic N) is 2. The Kier molecular flexibility index (Phi) is 7.12. The number of rotatable bonds is 6. The first kappa shape index (κ1) is 22.8. The van der Waals surface area contributed by atoms with Gasteiger partial charge in [0.2, 0.25) is 10.0 Å². The first-order chi connectivity index (χ1) is 14.9. The summed E-state index contributed by atoms with van der Waals surface area (Å²) in [4.78, 5) is 2.53. The number of sulfonamides is 1. The van der Waals surface area contributed by atoms with Gasteiger partial charge >= 0.3 is 6.61 Å². The summed E-state index contributed by atoms with van der Waals surface area (Å²) in [7, 11) is -3.74. The third kappa shape index (κ3) is 5.54. The number of piperidine rings is 1. The quantitative estimate of drug-likeness (QED) is 0.650. The Bertz CT molecular complexity index is 823. The number of ether oxygens (including phenoxy) is 3. The van der Waals surface area contributed by atoms with Gasteiger partial charge in [-0.15, -0.1) is 0 Å². The molecule has 1 aromatic carbocycles. The highest BCUT2D eigenvalue weighted by molar-refractivity contribution is 7.89. The third-order valence-corrected chi connectivity index (χ3v) is 8.38. The van der Waals surface area contributed by atoms with Crippen molar-refractivity contribution in [2.24, 2.45) is 5.92 Å². The van der Waals surface area contributed by atoms with Crippen LogP contribution >= 0.6 is 0 Å². The lowest BCUT2D eigenvalue weighted by Gasteiger charge is -2.47. The molecule has 0 saturated carbocycles. The minimum absolute atomic E-state index is 0.0655. The number of halogens is 2. The summed E-state index contributed by atoms with van der Waals surface area (Å²) < 4.78 is 68.3. The monoisotopic (exact) mass is 460 g/mol. The Labute approximate surface area is 182 Å². The van der Waals surface area contributed by atoms with E-state index in [0.717, 1.165) is 58.5 Å². The van der Waals surface area contributed by atoms with Crippen molar-refractivity contribution in [1.29, 1.82) is 0 Å². The molecular weight excluding hydrogens is 430 g/mol. The van der Waals surface area contributed by atoms with Crippen molar-refractivity contribution in [2.75, 3.05) is 52.5 Å². The number of hydrogen-bond acceptors (Lipinski definition) is 6. The summed E-state index contributed by atoms with van der Waals surface area (Å²) >= 11 is 0. The summed E-state index contributed by atoms with van der Waals surface area (Å²) in [6.45, 7) is 2.54. The minimum atomic E-state index is -3.74. The van der Waals surface area contributed by atoms with Crippen LogP contribution in [0.25, 0.3) is 0 Å². The minimum Gasteiger partial charge on any atom is -0.435 e. The van der Waals surface area contributed by atoms with Crippen molar-refractivity contribution in [3.05, 3.63) is 24.3 Å². The van der Waals surface area contributed by atoms with E-state index in [2.05, 4.69) is 9.64 Å². The number of benzene rings is 1. The van der Waals surface area contributed by atoms with Gasteiger partial charge in [0.25, 0.3) is 0 Å². The molecule has 3 aliphatic rings. The molecule has 0 N–H and O–H groups in total. The summed E-state index contributed by atoms with van der Waals surface area (Å²) in [6, 6.07) is 5.13. The Morgan fingerprint density at radius 1 is 1.06 bits per heavy atom. The molecule has 4 rings (SSSR count). The molecule has 0 aliphatic carbocycles. The first-order valence-corrected chi connectivity index (χ1v) is 12.3. The topological polar surface area (TPSA) is 68.3 Å². The molecule has 31 heavy (non-hydrogen) atoms. The number of morpholine rings is 1. The van der Waals surface area contributed by atoms with Gasteiger partial charge in [0, 0.05) is 45.9 Å². The molecule has 10 heteroatoms. The largest absolute Gasteiger partial charge is 0.435 e. The Hall–Kier alpha value is -1.33. The van der Waals surface area contributed by atoms with Crippen LogP contribution in [0, 0.1) is 5.92 Å². The van der Waals surface area contributed by atoms with Crippen LogP contribution in [-0.2, 0) is 19.5 Å². The van der Waals surface area contributed by atoms with Crippen molar-refractivity contribution in [3.8, 4) is 5.75 Å². The SMILES string of the molecule is O=S(=O)(c1ccc(OC(F)F)cc1)N1CCOC2(CCN(CC3CCOCC3)CC2)C1. The first-order valence-electron chi connectivity index (χ1n) is 10.9. The van der Waals surface area contributed by atoms with Gasteiger partial charge in [-0.05, 0) is 55.9 Å². The fourth-order valence-corrected chi connectivity index (χ4v) is 6.20. The van der Waals surface area contributed by atoms with E-state index in [4.69, 9.17) is 9.47 Å². The molecule has 0 atom stereocenters. The molecule has 0 aromatic heterocycles. The summed E-state index contributed by atoms with van der Waals surface area (Å²) in [5.74, 6) is 0.605. The van der Waals surface area contributed by atoms with Gasteiger partial charge in [0.05, 0.1) is 17.1 Å². The van der Waals surface area contributed by atoms with Crippen LogP contribution in [0.15, 0.2) is 29.2 Å². The lowest BCUT2D eigenvalue weighted by atomic mass is 9.89. The van der Waals surface area contributed by atoms with Gasteiger partial charge in [-0.25, -0.2) is 8.42 Å². The zero-order valence-corrected chi connectivity index (χ0v) is 18.4. The van der Waals surface area contributed by atoms with Crippen molar-refractivity contribution in [3.63, 3.8) is 0 Å². The summed E-state index contributed by atoms with van der Waals surface area (Å²) in [5.41, 5.74) is -0.462. The molecule has 3 saturated heterocycles. The fraction of sp³-hybridized carbons (Fsp3) is 0.714. The van der Waals surface area contributed by atoms with Crippen LogP contribution in [0.4, 0.5) is 8.78 Å². The van der Waals surface area contributed by atoms with Crippen molar-refractivity contribution in [1.82, 2.24) is 9.21 Å². The zero-order valence-electron chi connectivity index (χ0n) is 17.5. The van der Waals surface area contributed by atoms with E-state index in [9.17, 15) is 17.2 Å². The lowest BCUT2D eigenvalue weighted by Crippen LogP contribution is -2.58. The Morgan fingerprint density at radius 3 is 2.39 bits per heavy atom. The second-order valence-corrected chi connectivity index (χ2v) is 10.5. The van der Waals surface area contributed by atoms with Crippen LogP contribution in [-0.4, -0.2) is 82.4 Å². The van der Waals surface area contributed by atoms with Crippen LogP contribution in [0.1, 0.15) is 25.7 Å². The molecule has 7 nitrogen and oxygen atoms in total. The molecule has 3 heterocycles. The van der Waals surface area contributed by atoms with Crippen LogP contribution in [0.3, 0.4) is 0 Å². The number of alkyl halides is 2. The fourth-order valence-electron chi connectivity index (χ4n) is 4.70. The van der Waals surface area contributed by atoms with Crippen LogP contribution < -0.4 is 4.74 Å². The molecule has 174 valence electrons. The molecule has 1 aromatic rings. The molecule has 0 unspecified atom stereocenters. The highest BCUT2D eigenvalue weighted by Gasteiger charge is 2.43. The molecule has 0 bridgehead atoms. The molecule has 1 spiro atoms. The molecule has 3 aliphatic heterocycles. The number of likely N-dealkylation sites (tertiary alicyclic amines) is 1. The van der Waals surface area contributed by atoms with Gasteiger partial charge in [-0.2, -0.15) is 13.1 Å². The maximum Gasteiger partial charge on any atom is 0.387 e. The molecule has 0 radical (unpaired) electrons. The third-order valence-electron chi connectivity index (χ3n) is 6.52. The zero-order chi connectivity index (χ0) is 21.9. The predicted molar refractivity (Wildman–Crippen MR) is 110 cm³/mol. The normalized spacial score (nSPS) is 24.0. The average molecular weight is 461 g/mol. The summed E-state index contributed by atoms with van der Waals surface area (Å²) in [6.07, 6.45) is 3.80. The van der Waals surface area contributed by atoms with Gasteiger partial charge < -0.3 is 19.1 Å². The van der Waals surface area contributed by atoms with Crippen molar-refractivity contribution < 1.29 is 31.4 Å². The van der Waals surface area contributed by atoms with Gasteiger partial charge in [0.15, 0.2) is 0 Å². The van der Waals surface area contributed by atoms with Gasteiger partial charge in [0.1, 0.15) is 5.75 Å². The van der Waals surface area contributed by atoms with Gasteiger partial charge in [-0.1, -0.05) is 0 Å². The Balaban J connectivity index is 1.36. The average Bonchev–Trinajstić information content (AvgIpc) is 2.76. The molecule has 3 fully saturated rings. The predicted octanol–water partition coefficient (Wildman–Crippen LogP) is 2.57. The van der Waals surface area contributed by atoms with Gasteiger partial charge in [-0.3, -0.25) is 0 Å². The van der Waals surface area contributed by atoms with E-state index in [-0.39, 0.29) is 17.2 Å².